The van der Waals surface area contributed by atoms with Crippen molar-refractivity contribution in [3.63, 3.8) is 0 Å². The van der Waals surface area contributed by atoms with E-state index in [4.69, 9.17) is 9.73 Å². The van der Waals surface area contributed by atoms with Crippen LogP contribution in [0.4, 0.5) is 0 Å². The second-order valence-electron chi connectivity index (χ2n) is 10.9. The van der Waals surface area contributed by atoms with Crippen molar-refractivity contribution < 1.29 is 4.74 Å². The fourth-order valence-electron chi connectivity index (χ4n) is 6.40. The van der Waals surface area contributed by atoms with E-state index in [0.29, 0.717) is 4.53 Å². The average molecular weight is 645 g/mol. The molecule has 0 amide bonds. The molecule has 5 nitrogen and oxygen atoms in total. The van der Waals surface area contributed by atoms with E-state index < -0.39 is 0 Å². The smallest absolute Gasteiger partial charge is 0.271 e. The monoisotopic (exact) mass is 643 g/mol. The molecule has 210 valence electrons. The predicted molar refractivity (Wildman–Crippen MR) is 177 cm³/mol. The fraction of sp³-hybridized carbons (Fsp3) is 0.111. The largest absolute Gasteiger partial charge is 0.497 e. The van der Waals surface area contributed by atoms with Crippen LogP contribution in [-0.4, -0.2) is 16.7 Å². The van der Waals surface area contributed by atoms with Crippen LogP contribution in [0.25, 0.3) is 33.9 Å². The molecule has 43 heavy (non-hydrogen) atoms. The number of hydrogen-bond donors (Lipinski definition) is 1. The molecule has 4 aromatic carbocycles. The van der Waals surface area contributed by atoms with Crippen molar-refractivity contribution in [1.29, 1.82) is 0 Å². The highest BCUT2D eigenvalue weighted by Gasteiger charge is 2.32. The quantitative estimate of drug-likeness (QED) is 0.220. The first-order valence-electron chi connectivity index (χ1n) is 14.2. The lowest BCUT2D eigenvalue weighted by Crippen LogP contribution is -2.38. The normalized spacial score (nSPS) is 16.0. The maximum atomic E-state index is 14.4. The number of rotatable bonds is 4. The molecule has 0 bridgehead atoms. The fourth-order valence-corrected chi connectivity index (χ4v) is 7.65. The topological polar surface area (TPSA) is 59.4 Å². The summed E-state index contributed by atoms with van der Waals surface area (Å²) >= 11 is 5.04. The number of fused-ring (bicyclic) bond motifs is 4. The van der Waals surface area contributed by atoms with Crippen molar-refractivity contribution in [1.82, 2.24) is 9.55 Å². The molecule has 3 heterocycles. The first-order valence-corrected chi connectivity index (χ1v) is 15.8. The maximum absolute atomic E-state index is 14.4. The van der Waals surface area contributed by atoms with Gasteiger partial charge in [-0.15, -0.1) is 0 Å². The first kappa shape index (κ1) is 26.2. The van der Waals surface area contributed by atoms with E-state index in [-0.39, 0.29) is 11.6 Å². The number of nitrogens with zero attached hydrogens (tertiary/aromatic N) is 2. The lowest BCUT2D eigenvalue weighted by Gasteiger charge is -2.30. The molecule has 2 aromatic heterocycles. The van der Waals surface area contributed by atoms with Crippen molar-refractivity contribution in [3.05, 3.63) is 149 Å². The van der Waals surface area contributed by atoms with Gasteiger partial charge in [0, 0.05) is 26.5 Å². The molecule has 1 atom stereocenters. The van der Waals surface area contributed by atoms with Gasteiger partial charge < -0.3 is 9.72 Å². The van der Waals surface area contributed by atoms with Gasteiger partial charge in [-0.3, -0.25) is 9.36 Å². The Morgan fingerprint density at radius 2 is 1.77 bits per heavy atom. The minimum absolute atomic E-state index is 0.0293. The van der Waals surface area contributed by atoms with Crippen molar-refractivity contribution in [3.8, 4) is 17.0 Å². The number of methoxy groups -OCH3 is 1. The number of aromatic nitrogens is 2. The molecule has 2 aliphatic rings. The summed E-state index contributed by atoms with van der Waals surface area (Å²) < 4.78 is 9.14. The Hall–Kier alpha value is -4.46. The summed E-state index contributed by atoms with van der Waals surface area (Å²) in [7, 11) is 1.67. The van der Waals surface area contributed by atoms with Crippen LogP contribution in [-0.2, 0) is 6.42 Å². The van der Waals surface area contributed by atoms with Gasteiger partial charge in [0.15, 0.2) is 4.80 Å². The van der Waals surface area contributed by atoms with E-state index in [1.54, 1.807) is 7.11 Å². The van der Waals surface area contributed by atoms with Crippen LogP contribution >= 0.6 is 27.3 Å². The number of halogens is 1. The van der Waals surface area contributed by atoms with E-state index in [1.165, 1.54) is 28.0 Å². The number of nitrogens with one attached hydrogen (secondary N) is 1. The standard InChI is InChI=1S/C36H26BrN3O2S/c1-42-25-16-18-30-28(19-25)29(32(38-30)22-8-3-2-4-9-22)20-31-35(41)40-34(23-11-14-24(37)15-12-23)27-17-13-21-7-5-6-10-26(21)33(27)39-36(40)43-31/h2-12,14-16,18-20,34,38H,13,17H2,1H3/b31-20+/t34-/m1/s1. The van der Waals surface area contributed by atoms with Crippen LogP contribution in [0.15, 0.2) is 117 Å². The highest BCUT2D eigenvalue weighted by Crippen LogP contribution is 2.41. The van der Waals surface area contributed by atoms with E-state index in [1.807, 2.05) is 59.2 Å². The zero-order valence-corrected chi connectivity index (χ0v) is 25.7. The van der Waals surface area contributed by atoms with Crippen LogP contribution in [0.2, 0.25) is 0 Å². The molecule has 1 aliphatic heterocycles. The molecule has 0 saturated carbocycles. The summed E-state index contributed by atoms with van der Waals surface area (Å²) in [6.45, 7) is 0. The van der Waals surface area contributed by atoms with E-state index >= 15 is 0 Å². The predicted octanol–water partition coefficient (Wildman–Crippen LogP) is 7.24. The SMILES string of the molecule is COc1ccc2[nH]c(-c3ccccc3)c(/C=c3/sc4n(c3=O)[C@H](c3ccc(Br)cc3)C3=C(N=4)c4ccccc4CC3)c2c1. The molecule has 6 aromatic rings. The third-order valence-electron chi connectivity index (χ3n) is 8.44. The van der Waals surface area contributed by atoms with Crippen LogP contribution in [0.1, 0.15) is 34.7 Å². The van der Waals surface area contributed by atoms with Gasteiger partial charge in [-0.1, -0.05) is 94.0 Å². The van der Waals surface area contributed by atoms with E-state index in [2.05, 4.69) is 69.4 Å². The van der Waals surface area contributed by atoms with Gasteiger partial charge in [-0.2, -0.15) is 0 Å². The van der Waals surface area contributed by atoms with Gasteiger partial charge in [0.05, 0.1) is 29.1 Å². The Kier molecular flexibility index (Phi) is 6.31. The molecular formula is C36H26BrN3O2S. The number of H-pyrrole nitrogens is 1. The van der Waals surface area contributed by atoms with Gasteiger partial charge in [0.2, 0.25) is 0 Å². The molecule has 1 aliphatic carbocycles. The average Bonchev–Trinajstić information content (AvgIpc) is 3.57. The Morgan fingerprint density at radius 3 is 2.58 bits per heavy atom. The summed E-state index contributed by atoms with van der Waals surface area (Å²) in [6, 6.07) is 32.9. The third-order valence-corrected chi connectivity index (χ3v) is 9.95. The molecule has 8 rings (SSSR count). The van der Waals surface area contributed by atoms with Crippen LogP contribution < -0.4 is 19.6 Å². The van der Waals surface area contributed by atoms with Crippen molar-refractivity contribution >= 4 is 49.9 Å². The van der Waals surface area contributed by atoms with Crippen molar-refractivity contribution in [2.45, 2.75) is 18.9 Å². The van der Waals surface area contributed by atoms with Crippen molar-refractivity contribution in [2.75, 3.05) is 7.11 Å². The second kappa shape index (κ2) is 10.4. The first-order chi connectivity index (χ1) is 21.1. The highest BCUT2D eigenvalue weighted by atomic mass is 79.9. The Labute approximate surface area is 260 Å². The van der Waals surface area contributed by atoms with Crippen molar-refractivity contribution in [2.24, 2.45) is 4.99 Å². The van der Waals surface area contributed by atoms with Crippen LogP contribution in [0.5, 0.6) is 5.75 Å². The molecule has 0 spiro atoms. The van der Waals surface area contributed by atoms with Gasteiger partial charge in [0.1, 0.15) is 5.75 Å². The summed E-state index contributed by atoms with van der Waals surface area (Å²) in [5.41, 5.74) is 9.68. The van der Waals surface area contributed by atoms with Crippen LogP contribution in [0, 0.1) is 0 Å². The molecule has 0 saturated heterocycles. The number of ether oxygens (including phenoxy) is 1. The van der Waals surface area contributed by atoms with Gasteiger partial charge >= 0.3 is 0 Å². The second-order valence-corrected chi connectivity index (χ2v) is 12.8. The van der Waals surface area contributed by atoms with Gasteiger partial charge in [0.25, 0.3) is 5.56 Å². The number of hydrogen-bond acceptors (Lipinski definition) is 4. The van der Waals surface area contributed by atoms with Gasteiger partial charge in [-0.25, -0.2) is 4.99 Å². The van der Waals surface area contributed by atoms with Gasteiger partial charge in [-0.05, 0) is 71.5 Å². The highest BCUT2D eigenvalue weighted by molar-refractivity contribution is 9.10. The molecule has 0 fully saturated rings. The molecular weight excluding hydrogens is 618 g/mol. The number of allylic oxidation sites excluding steroid dienone is 1. The van der Waals surface area contributed by atoms with E-state index in [9.17, 15) is 4.79 Å². The number of aromatic amines is 1. The zero-order chi connectivity index (χ0) is 29.1. The van der Waals surface area contributed by atoms with Crippen LogP contribution in [0.3, 0.4) is 0 Å². The summed E-state index contributed by atoms with van der Waals surface area (Å²) in [5, 5.41) is 1.00. The van der Waals surface area contributed by atoms with E-state index in [0.717, 1.165) is 66.8 Å². The summed E-state index contributed by atoms with van der Waals surface area (Å²) in [4.78, 5) is 23.9. The lowest BCUT2D eigenvalue weighted by molar-refractivity contribution is 0.415. The molecule has 0 radical (unpaired) electrons. The zero-order valence-electron chi connectivity index (χ0n) is 23.3. The lowest BCUT2D eigenvalue weighted by atomic mass is 9.83. The number of thiazole rings is 1. The minimum atomic E-state index is -0.216. The Bertz CT molecular complexity index is 2260. The molecule has 0 unspecified atom stereocenters. The molecule has 1 N–H and O–H groups in total. The summed E-state index contributed by atoms with van der Waals surface area (Å²) in [6.07, 6.45) is 3.82. The Balaban J connectivity index is 1.40. The summed E-state index contributed by atoms with van der Waals surface area (Å²) in [5.74, 6) is 0.767. The molecule has 7 heteroatoms. The number of aryl methyl sites for hydroxylation is 1. The third kappa shape index (κ3) is 4.34. The minimum Gasteiger partial charge on any atom is -0.497 e. The maximum Gasteiger partial charge on any atom is 0.271 e. The Morgan fingerprint density at radius 1 is 0.977 bits per heavy atom. The number of benzene rings is 4.